The number of carboxylic acids is 1. The van der Waals surface area contributed by atoms with Gasteiger partial charge in [0.15, 0.2) is 11.9 Å². The van der Waals surface area contributed by atoms with E-state index in [2.05, 4.69) is 5.32 Å². The van der Waals surface area contributed by atoms with Crippen LogP contribution in [-0.4, -0.2) is 23.8 Å². The standard InChI is InChI=1S/C13H13NO5/c1-7-13(18)14-9-6-8(2-4-11(9)19-7)10(15)3-5-12(16)17/h2,4,6-7H,3,5H2,1H3,(H,14,18)(H,16,17)/p-1/t7-/m0/s1. The minimum absolute atomic E-state index is 0.133. The topological polar surface area (TPSA) is 95.5 Å². The summed E-state index contributed by atoms with van der Waals surface area (Å²) in [5, 5.41) is 12.9. The van der Waals surface area contributed by atoms with Crippen molar-refractivity contribution in [2.75, 3.05) is 5.32 Å². The van der Waals surface area contributed by atoms with Crippen LogP contribution in [0, 0.1) is 0 Å². The minimum atomic E-state index is -1.27. The molecule has 1 aromatic carbocycles. The zero-order chi connectivity index (χ0) is 14.0. The number of anilines is 1. The average molecular weight is 262 g/mol. The molecule has 0 spiro atoms. The number of aliphatic carboxylic acids is 1. The number of carbonyl (C=O) groups is 3. The van der Waals surface area contributed by atoms with E-state index in [1.165, 1.54) is 6.07 Å². The maximum atomic E-state index is 11.7. The molecule has 1 heterocycles. The fraction of sp³-hybridized carbons (Fsp3) is 0.308. The highest BCUT2D eigenvalue weighted by molar-refractivity contribution is 6.02. The van der Waals surface area contributed by atoms with Gasteiger partial charge in [-0.2, -0.15) is 0 Å². The molecule has 1 aromatic rings. The summed E-state index contributed by atoms with van der Waals surface area (Å²) in [6, 6.07) is 4.61. The molecule has 0 aliphatic carbocycles. The lowest BCUT2D eigenvalue weighted by Gasteiger charge is -2.23. The van der Waals surface area contributed by atoms with Crippen LogP contribution in [0.4, 0.5) is 5.69 Å². The van der Waals surface area contributed by atoms with E-state index in [-0.39, 0.29) is 24.5 Å². The van der Waals surface area contributed by atoms with Crippen molar-refractivity contribution in [1.82, 2.24) is 0 Å². The molecule has 0 saturated carbocycles. The second-order valence-corrected chi connectivity index (χ2v) is 4.26. The summed E-state index contributed by atoms with van der Waals surface area (Å²) in [5.74, 6) is -1.38. The number of amides is 1. The molecule has 1 amide bonds. The Hall–Kier alpha value is -2.37. The third-order valence-electron chi connectivity index (χ3n) is 2.79. The molecular formula is C13H12NO5-. The smallest absolute Gasteiger partial charge is 0.265 e. The molecule has 0 aromatic heterocycles. The maximum absolute atomic E-state index is 11.7. The second-order valence-electron chi connectivity index (χ2n) is 4.26. The van der Waals surface area contributed by atoms with Gasteiger partial charge >= 0.3 is 0 Å². The van der Waals surface area contributed by atoms with Gasteiger partial charge in [-0.1, -0.05) is 0 Å². The number of hydrogen-bond acceptors (Lipinski definition) is 5. The normalized spacial score (nSPS) is 17.1. The van der Waals surface area contributed by atoms with Gasteiger partial charge in [-0.15, -0.1) is 0 Å². The largest absolute Gasteiger partial charge is 0.550 e. The van der Waals surface area contributed by atoms with Crippen molar-refractivity contribution < 1.29 is 24.2 Å². The fourth-order valence-electron chi connectivity index (χ4n) is 1.74. The molecular weight excluding hydrogens is 250 g/mol. The molecule has 0 bridgehead atoms. The zero-order valence-corrected chi connectivity index (χ0v) is 10.3. The quantitative estimate of drug-likeness (QED) is 0.777. The number of hydrogen-bond donors (Lipinski definition) is 1. The lowest BCUT2D eigenvalue weighted by Crippen LogP contribution is -2.34. The summed E-state index contributed by atoms with van der Waals surface area (Å²) in [6.07, 6.45) is -1.03. The van der Waals surface area contributed by atoms with Crippen LogP contribution >= 0.6 is 0 Å². The van der Waals surface area contributed by atoms with Gasteiger partial charge in [0.2, 0.25) is 0 Å². The van der Waals surface area contributed by atoms with Crippen molar-refractivity contribution >= 4 is 23.3 Å². The van der Waals surface area contributed by atoms with E-state index in [1.54, 1.807) is 19.1 Å². The molecule has 1 N–H and O–H groups in total. The Kier molecular flexibility index (Phi) is 3.50. The van der Waals surface area contributed by atoms with Gasteiger partial charge in [-0.3, -0.25) is 9.59 Å². The van der Waals surface area contributed by atoms with Gasteiger partial charge in [0, 0.05) is 18.0 Å². The number of benzene rings is 1. The third-order valence-corrected chi connectivity index (χ3v) is 2.79. The Morgan fingerprint density at radius 1 is 1.37 bits per heavy atom. The predicted octanol–water partition coefficient (Wildman–Crippen LogP) is 0.119. The predicted molar refractivity (Wildman–Crippen MR) is 63.7 cm³/mol. The molecule has 0 radical (unpaired) electrons. The molecule has 0 unspecified atom stereocenters. The Morgan fingerprint density at radius 3 is 2.79 bits per heavy atom. The first-order valence-electron chi connectivity index (χ1n) is 5.82. The van der Waals surface area contributed by atoms with Gasteiger partial charge in [0.1, 0.15) is 5.75 Å². The number of ketones is 1. The Bertz CT molecular complexity index is 552. The SMILES string of the molecule is C[C@@H]1Oc2ccc(C(=O)CCC(=O)[O-])cc2NC1=O. The molecule has 1 aliphatic heterocycles. The van der Waals surface area contributed by atoms with Crippen molar-refractivity contribution in [2.24, 2.45) is 0 Å². The molecule has 0 fully saturated rings. The number of rotatable bonds is 4. The van der Waals surface area contributed by atoms with E-state index >= 15 is 0 Å². The van der Waals surface area contributed by atoms with E-state index in [0.717, 1.165) is 0 Å². The first kappa shape index (κ1) is 13.1. The lowest BCUT2D eigenvalue weighted by atomic mass is 10.0. The minimum Gasteiger partial charge on any atom is -0.550 e. The van der Waals surface area contributed by atoms with Crippen molar-refractivity contribution in [3.63, 3.8) is 0 Å². The summed E-state index contributed by atoms with van der Waals surface area (Å²) < 4.78 is 5.35. The molecule has 6 nitrogen and oxygen atoms in total. The monoisotopic (exact) mass is 262 g/mol. The van der Waals surface area contributed by atoms with Crippen molar-refractivity contribution in [3.8, 4) is 5.75 Å². The fourth-order valence-corrected chi connectivity index (χ4v) is 1.74. The average Bonchev–Trinajstić information content (AvgIpc) is 2.36. The molecule has 1 aliphatic rings. The lowest BCUT2D eigenvalue weighted by molar-refractivity contribution is -0.305. The summed E-state index contributed by atoms with van der Waals surface area (Å²) in [4.78, 5) is 33.5. The number of nitrogens with one attached hydrogen (secondary N) is 1. The van der Waals surface area contributed by atoms with E-state index in [4.69, 9.17) is 4.74 Å². The van der Waals surface area contributed by atoms with Crippen LogP contribution in [0.1, 0.15) is 30.1 Å². The Morgan fingerprint density at radius 2 is 2.11 bits per heavy atom. The number of carboxylic acid groups (broad SMARTS) is 1. The Labute approximate surface area is 109 Å². The summed E-state index contributed by atoms with van der Waals surface area (Å²) >= 11 is 0. The highest BCUT2D eigenvalue weighted by Crippen LogP contribution is 2.30. The van der Waals surface area contributed by atoms with Crippen LogP contribution in [0.2, 0.25) is 0 Å². The second kappa shape index (κ2) is 5.09. The first-order valence-corrected chi connectivity index (χ1v) is 5.82. The number of fused-ring (bicyclic) bond motifs is 1. The molecule has 100 valence electrons. The summed E-state index contributed by atoms with van der Waals surface area (Å²) in [6.45, 7) is 1.62. The molecule has 2 rings (SSSR count). The van der Waals surface area contributed by atoms with Crippen LogP contribution in [-0.2, 0) is 9.59 Å². The van der Waals surface area contributed by atoms with Crippen LogP contribution in [0.15, 0.2) is 18.2 Å². The van der Waals surface area contributed by atoms with Gasteiger partial charge in [-0.25, -0.2) is 0 Å². The van der Waals surface area contributed by atoms with Gasteiger partial charge in [0.05, 0.1) is 5.69 Å². The van der Waals surface area contributed by atoms with Gasteiger partial charge in [0.25, 0.3) is 5.91 Å². The molecule has 0 saturated heterocycles. The van der Waals surface area contributed by atoms with Crippen molar-refractivity contribution in [3.05, 3.63) is 23.8 Å². The number of carbonyl (C=O) groups excluding carboxylic acids is 3. The summed E-state index contributed by atoms with van der Waals surface area (Å²) in [5.41, 5.74) is 0.751. The van der Waals surface area contributed by atoms with E-state index in [0.29, 0.717) is 17.0 Å². The highest BCUT2D eigenvalue weighted by Gasteiger charge is 2.24. The van der Waals surface area contributed by atoms with Crippen LogP contribution in [0.3, 0.4) is 0 Å². The van der Waals surface area contributed by atoms with Crippen molar-refractivity contribution in [2.45, 2.75) is 25.9 Å². The van der Waals surface area contributed by atoms with Crippen LogP contribution in [0.25, 0.3) is 0 Å². The first-order chi connectivity index (χ1) is 8.97. The van der Waals surface area contributed by atoms with Crippen LogP contribution in [0.5, 0.6) is 5.75 Å². The zero-order valence-electron chi connectivity index (χ0n) is 10.3. The molecule has 1 atom stereocenters. The van der Waals surface area contributed by atoms with E-state index in [9.17, 15) is 19.5 Å². The molecule has 6 heteroatoms. The number of ether oxygens (including phenoxy) is 1. The van der Waals surface area contributed by atoms with Gasteiger partial charge in [-0.05, 0) is 31.5 Å². The molecule has 19 heavy (non-hydrogen) atoms. The summed E-state index contributed by atoms with van der Waals surface area (Å²) in [7, 11) is 0. The highest BCUT2D eigenvalue weighted by atomic mass is 16.5. The maximum Gasteiger partial charge on any atom is 0.265 e. The van der Waals surface area contributed by atoms with E-state index < -0.39 is 12.1 Å². The van der Waals surface area contributed by atoms with E-state index in [1.807, 2.05) is 0 Å². The van der Waals surface area contributed by atoms with Crippen LogP contribution < -0.4 is 15.2 Å². The number of Topliss-reactive ketones (excluding diaryl/α,β-unsaturated/α-hetero) is 1. The van der Waals surface area contributed by atoms with Crippen molar-refractivity contribution in [1.29, 1.82) is 0 Å². The third kappa shape index (κ3) is 2.90. The Balaban J connectivity index is 2.17. The van der Waals surface area contributed by atoms with Gasteiger partial charge < -0.3 is 20.0 Å².